The highest BCUT2D eigenvalue weighted by Crippen LogP contribution is 2.38. The molecule has 10 aromatic carbocycles. The molecule has 0 spiro atoms. The Morgan fingerprint density at radius 3 is 1.04 bits per heavy atom. The average molecular weight is 1570 g/mol. The second-order valence-corrected chi connectivity index (χ2v) is 26.3. The van der Waals surface area contributed by atoms with Crippen LogP contribution in [0.5, 0.6) is 23.0 Å². The van der Waals surface area contributed by atoms with E-state index < -0.39 is 93.0 Å². The Labute approximate surface area is 602 Å². The highest BCUT2D eigenvalue weighted by atomic mass is 79.9. The summed E-state index contributed by atoms with van der Waals surface area (Å²) in [4.78, 5) is 92.6. The van der Waals surface area contributed by atoms with Crippen LogP contribution in [0, 0.1) is 0 Å². The van der Waals surface area contributed by atoms with Crippen LogP contribution in [0.2, 0.25) is 0 Å². The van der Waals surface area contributed by atoms with Gasteiger partial charge >= 0.3 is 70.5 Å². The Kier molecular flexibility index (Phi) is 25.3. The molecular formula is C72H62BBr2F3O24S. The summed E-state index contributed by atoms with van der Waals surface area (Å²) >= 11 is 6.65. The predicted octanol–water partition coefficient (Wildman–Crippen LogP) is 13.6. The third kappa shape index (κ3) is 18.6. The quantitative estimate of drug-likeness (QED) is 0.0307. The lowest BCUT2D eigenvalue weighted by molar-refractivity contribution is -0.0500. The fourth-order valence-corrected chi connectivity index (χ4v) is 11.0. The lowest BCUT2D eigenvalue weighted by atomic mass is 9.74. The molecular weight excluding hydrogens is 1510 g/mol. The number of hydrogen-bond donors (Lipinski definition) is 4. The molecule has 0 unspecified atom stereocenters. The number of phenols is 3. The average Bonchev–Trinajstić information content (AvgIpc) is 1.61. The number of phenolic OH excluding ortho intramolecular Hbond substituents is 2. The number of hydrogen-bond acceptors (Lipinski definition) is 23. The van der Waals surface area contributed by atoms with E-state index in [4.69, 9.17) is 23.9 Å². The standard InChI is InChI=1S/C20H23BO6.C15H11F3O7S.C14H12O5.C12H9BrO3.C11H7BrO3/c1-19(2)20(3,4)27-21(26-19)16-11-12-7-8-13(17(22)24-5)9-14(12)10-15(16)18(23)25-6;1-23-13(19)9-4-3-8-7-12(25-26(21,22)15(16,17)18)11(14(20)24-2)6-10(8)5-9;1-18-13(16)9-4-3-8-7-12(15)11(14(17)19-2)6-10(8)5-9;1-16-12(15)10-5-8-4-9(13)3-2-7(8)6-11(10)14;12-8-2-1-6-5-10(13)9(11(14)15)4-7(6)3-8/h7-11H,1-6H3;3-7H,1-2H3;3-7,15H,1-2H3;2-6,14H,1H3;1-5,13H,(H,14,15). The van der Waals surface area contributed by atoms with Gasteiger partial charge in [0.2, 0.25) is 0 Å². The number of carboxylic acids is 1. The first-order chi connectivity index (χ1) is 48.3. The van der Waals surface area contributed by atoms with Crippen molar-refractivity contribution in [1.82, 2.24) is 0 Å². The van der Waals surface area contributed by atoms with Gasteiger partial charge in [-0.15, -0.1) is 0 Å². The molecule has 1 saturated heterocycles. The zero-order valence-corrected chi connectivity index (χ0v) is 60.3. The topological polar surface area (TPSA) is 344 Å². The van der Waals surface area contributed by atoms with Gasteiger partial charge in [0.25, 0.3) is 0 Å². The van der Waals surface area contributed by atoms with Crippen molar-refractivity contribution in [3.63, 3.8) is 0 Å². The van der Waals surface area contributed by atoms with Gasteiger partial charge in [0.1, 0.15) is 39.5 Å². The van der Waals surface area contributed by atoms with E-state index >= 15 is 0 Å². The van der Waals surface area contributed by atoms with Gasteiger partial charge in [-0.3, -0.25) is 0 Å². The number of alkyl halides is 3. The maximum Gasteiger partial charge on any atom is 0.534 e. The van der Waals surface area contributed by atoms with E-state index in [1.165, 1.54) is 78.0 Å². The molecule has 0 saturated carbocycles. The van der Waals surface area contributed by atoms with E-state index in [2.05, 4.69) is 59.7 Å². The molecule has 0 amide bonds. The van der Waals surface area contributed by atoms with Crippen LogP contribution in [0.4, 0.5) is 13.2 Å². The Balaban J connectivity index is 0.000000184. The zero-order chi connectivity index (χ0) is 76.4. The van der Waals surface area contributed by atoms with Crippen LogP contribution in [-0.4, -0.2) is 150 Å². The van der Waals surface area contributed by atoms with E-state index in [-0.39, 0.29) is 50.3 Å². The fourth-order valence-electron chi connectivity index (χ4n) is 9.80. The van der Waals surface area contributed by atoms with Crippen LogP contribution < -0.4 is 9.65 Å². The van der Waals surface area contributed by atoms with E-state index in [1.807, 2.05) is 64.1 Å². The van der Waals surface area contributed by atoms with Crippen molar-refractivity contribution < 1.29 is 127 Å². The summed E-state index contributed by atoms with van der Waals surface area (Å²) in [7, 11) is 1.89. The minimum absolute atomic E-state index is 0.0528. The number of fused-ring (bicyclic) bond motifs is 5. The Bertz CT molecular complexity index is 5120. The van der Waals surface area contributed by atoms with Gasteiger partial charge in [0.15, 0.2) is 5.75 Å². The molecule has 1 heterocycles. The second-order valence-electron chi connectivity index (χ2n) is 22.9. The molecule has 103 heavy (non-hydrogen) atoms. The number of methoxy groups -OCH3 is 7. The van der Waals surface area contributed by atoms with E-state index in [9.17, 15) is 75.3 Å². The summed E-state index contributed by atoms with van der Waals surface area (Å²) in [6.07, 6.45) is 0. The van der Waals surface area contributed by atoms with Gasteiger partial charge in [-0.1, -0.05) is 68.3 Å². The Hall–Kier alpha value is -10.9. The van der Waals surface area contributed by atoms with Crippen LogP contribution in [0.1, 0.15) is 111 Å². The summed E-state index contributed by atoms with van der Waals surface area (Å²) < 4.78 is 111. The van der Waals surface area contributed by atoms with E-state index in [1.54, 1.807) is 60.7 Å². The molecule has 24 nitrogen and oxygen atoms in total. The van der Waals surface area contributed by atoms with Gasteiger partial charge in [-0.05, 0) is 202 Å². The number of ether oxygens (including phenoxy) is 7. The van der Waals surface area contributed by atoms with Gasteiger partial charge in [-0.25, -0.2) is 38.4 Å². The normalized spacial score (nSPS) is 12.7. The van der Waals surface area contributed by atoms with E-state index in [0.29, 0.717) is 32.9 Å². The molecule has 31 heteroatoms. The SMILES string of the molecule is COC(=O)c1cc2cc(Br)ccc2cc1O.COC(=O)c1ccc2cc(B3OC(C)(C)C(C)(C)O3)c(C(=O)OC)cc2c1.COC(=O)c1ccc2cc(O)c(C(=O)OC)cc2c1.COC(=O)c1ccc2cc(OS(=O)(=O)C(F)(F)F)c(C(=O)OC)cc2c1.O=C(O)c1cc2cc(Br)ccc2cc1O. The van der Waals surface area contributed by atoms with Gasteiger partial charge in [-0.2, -0.15) is 21.6 Å². The molecule has 11 rings (SSSR count). The van der Waals surface area contributed by atoms with Crippen molar-refractivity contribution in [2.24, 2.45) is 0 Å². The number of benzene rings is 10. The number of esters is 7. The maximum atomic E-state index is 12.5. The monoisotopic (exact) mass is 1570 g/mol. The van der Waals surface area contributed by atoms with Crippen LogP contribution in [0.15, 0.2) is 161 Å². The lowest BCUT2D eigenvalue weighted by Gasteiger charge is -2.32. The van der Waals surface area contributed by atoms with Crippen molar-refractivity contribution in [2.45, 2.75) is 44.4 Å². The van der Waals surface area contributed by atoms with Crippen molar-refractivity contribution in [3.05, 3.63) is 205 Å². The maximum absolute atomic E-state index is 12.5. The first kappa shape index (κ1) is 79.5. The number of aromatic hydroxyl groups is 3. The number of aromatic carboxylic acids is 1. The minimum atomic E-state index is -5.99. The first-order valence-electron chi connectivity index (χ1n) is 29.8. The van der Waals surface area contributed by atoms with E-state index in [0.717, 1.165) is 67.6 Å². The molecule has 1 fully saturated rings. The Morgan fingerprint density at radius 2 is 0.680 bits per heavy atom. The summed E-state index contributed by atoms with van der Waals surface area (Å²) in [5.74, 6) is -6.80. The highest BCUT2D eigenvalue weighted by Gasteiger charge is 2.53. The fraction of sp³-hybridized carbons (Fsp3) is 0.194. The molecule has 1 aliphatic heterocycles. The third-order valence-corrected chi connectivity index (χ3v) is 17.8. The molecule has 1 aliphatic rings. The van der Waals surface area contributed by atoms with Crippen LogP contribution in [0.25, 0.3) is 53.9 Å². The van der Waals surface area contributed by atoms with Gasteiger partial charge in [0, 0.05) is 8.95 Å². The summed E-state index contributed by atoms with van der Waals surface area (Å²) in [6, 6.07) is 39.5. The van der Waals surface area contributed by atoms with Crippen molar-refractivity contribution in [3.8, 4) is 23.0 Å². The zero-order valence-electron chi connectivity index (χ0n) is 56.3. The highest BCUT2D eigenvalue weighted by molar-refractivity contribution is 9.10. The number of carbonyl (C=O) groups is 8. The molecule has 0 atom stereocenters. The van der Waals surface area contributed by atoms with Crippen molar-refractivity contribution in [1.29, 1.82) is 0 Å². The lowest BCUT2D eigenvalue weighted by Crippen LogP contribution is -2.41. The van der Waals surface area contributed by atoms with Crippen LogP contribution in [-0.2, 0) is 52.6 Å². The second kappa shape index (κ2) is 32.9. The summed E-state index contributed by atoms with van der Waals surface area (Å²) in [5, 5.41) is 44.4. The molecule has 0 aromatic heterocycles. The first-order valence-corrected chi connectivity index (χ1v) is 32.8. The van der Waals surface area contributed by atoms with Gasteiger partial charge < -0.3 is 67.1 Å². The van der Waals surface area contributed by atoms with Crippen LogP contribution >= 0.6 is 31.9 Å². The number of rotatable bonds is 11. The number of carboxylic acid groups (broad SMARTS) is 1. The minimum Gasteiger partial charge on any atom is -0.507 e. The molecule has 10 aromatic rings. The van der Waals surface area contributed by atoms with Gasteiger partial charge in [0.05, 0.1) is 83.2 Å². The molecule has 0 aliphatic carbocycles. The molecule has 0 radical (unpaired) electrons. The Morgan fingerprint density at radius 1 is 0.388 bits per heavy atom. The molecule has 4 N–H and O–H groups in total. The summed E-state index contributed by atoms with van der Waals surface area (Å²) in [6.45, 7) is 7.81. The smallest absolute Gasteiger partial charge is 0.507 e. The van der Waals surface area contributed by atoms with Crippen molar-refractivity contribution >= 4 is 156 Å². The number of halogens is 5. The predicted molar refractivity (Wildman–Crippen MR) is 378 cm³/mol. The van der Waals surface area contributed by atoms with Crippen LogP contribution in [0.3, 0.4) is 0 Å². The number of carbonyl (C=O) groups excluding carboxylic acids is 7. The van der Waals surface area contributed by atoms with Crippen molar-refractivity contribution in [2.75, 3.05) is 49.8 Å². The summed E-state index contributed by atoms with van der Waals surface area (Å²) in [5.41, 5.74) is -5.33. The molecule has 0 bridgehead atoms. The molecule has 538 valence electrons. The largest absolute Gasteiger partial charge is 0.534 e. The third-order valence-electron chi connectivity index (χ3n) is 15.8.